The Morgan fingerprint density at radius 3 is 0.965 bits per heavy atom. The van der Waals surface area contributed by atoms with Crippen LogP contribution in [-0.2, 0) is 29.1 Å². The third-order valence-electron chi connectivity index (χ3n) is 33.7. The van der Waals surface area contributed by atoms with Gasteiger partial charge in [0, 0.05) is 71.5 Å². The van der Waals surface area contributed by atoms with E-state index in [-0.39, 0.29) is 16.2 Å². The van der Waals surface area contributed by atoms with E-state index in [9.17, 15) is 0 Å². The zero-order valence-electron chi connectivity index (χ0n) is 82.6. The van der Waals surface area contributed by atoms with E-state index < -0.39 is 8.07 Å². The van der Waals surface area contributed by atoms with Crippen LogP contribution in [0.2, 0.25) is 12.1 Å². The number of hydrogen-bond donors (Lipinski definition) is 0. The van der Waals surface area contributed by atoms with Crippen LogP contribution >= 0.6 is 0 Å². The molecule has 0 atom stereocenters. The first kappa shape index (κ1) is 85.9. The quantitative estimate of drug-likeness (QED) is 0.121. The van der Waals surface area contributed by atoms with Crippen molar-refractivity contribution in [3.63, 3.8) is 0 Å². The van der Waals surface area contributed by atoms with Crippen LogP contribution in [0.4, 0.5) is 34.1 Å². The summed E-state index contributed by atoms with van der Waals surface area (Å²) in [6.07, 6.45) is 9.30. The first-order chi connectivity index (χ1) is 68.7. The maximum absolute atomic E-state index is 2.54. The zero-order chi connectivity index (χ0) is 95.4. The second kappa shape index (κ2) is 32.6. The number of benzene rings is 21. The molecule has 21 aromatic rings. The molecule has 21 aromatic carbocycles. The minimum atomic E-state index is -1.78. The minimum absolute atomic E-state index is 0.0445. The van der Waals surface area contributed by atoms with Crippen LogP contribution in [0.5, 0.6) is 0 Å². The molecule has 28 rings (SSSR count). The minimum Gasteiger partial charge on any atom is -0.345 e. The third-order valence-corrected chi connectivity index (χ3v) is 39.1. The maximum atomic E-state index is 2.54. The number of rotatable bonds is 6. The summed E-state index contributed by atoms with van der Waals surface area (Å²) in [7, 11) is 4.92. The molecular weight excluding hydrogens is 1720 g/mol. The van der Waals surface area contributed by atoms with Crippen molar-refractivity contribution in [3.8, 4) is 100 Å². The fourth-order valence-electron chi connectivity index (χ4n) is 26.7. The highest BCUT2D eigenvalue weighted by Gasteiger charge is 2.47. The van der Waals surface area contributed by atoms with Crippen molar-refractivity contribution in [2.45, 2.75) is 116 Å². The predicted molar refractivity (Wildman–Crippen MR) is 608 cm³/mol. The van der Waals surface area contributed by atoms with Crippen molar-refractivity contribution in [2.24, 2.45) is 0 Å². The molecule has 3 aliphatic carbocycles. The molecule has 141 heavy (non-hydrogen) atoms. The molecule has 0 radical (unpaired) electrons. The van der Waals surface area contributed by atoms with Gasteiger partial charge in [0.15, 0.2) is 0 Å². The number of fused-ring (bicyclic) bond motifs is 23. The summed E-state index contributed by atoms with van der Waals surface area (Å²) in [5.41, 5.74) is 49.2. The molecule has 0 saturated carbocycles. The summed E-state index contributed by atoms with van der Waals surface area (Å²) in [5, 5.41) is 19.0. The standard InChI is InChI=1S/C47H41NSi.C45H37N.C45H35N/c1-30-19-22-37-38(27-30)46(31-20-23-34-33-13-7-8-16-39(33)47(2,3)40(34)28-31)36-15-6-5-14-35(36)45(37)32-21-24-44-42(29-32)48(4)41-17-9-10-18-43(41)49(44)25-11-12-26-49;2*1-28-17-23-37-38(25-28)44(31-22-24-34-33-12-8-9-15-39(33)45(2,3)40(34)26-31)36-14-7-6-13-35(36)43(37)32-21-20-30-19-18-29-11-5-10-16-41(29)46(4)42(30)27-32/h5-10,13-24,27-29H,11-12,25-26H2,1-4H3;5-17,20-27H,18-19H2,1-4H3;5-27H,1-4H3. The number of para-hydroxylation sites is 3. The molecule has 0 bridgehead atoms. The van der Waals surface area contributed by atoms with Crippen LogP contribution in [0, 0.1) is 20.8 Å². The molecule has 1 fully saturated rings. The number of nitrogens with zero attached hydrogens (tertiary/aromatic N) is 3. The highest BCUT2D eigenvalue weighted by Crippen LogP contribution is 2.58. The number of hydrogen-bond acceptors (Lipinski definition) is 3. The second-order valence-electron chi connectivity index (χ2n) is 42.7. The highest BCUT2D eigenvalue weighted by molar-refractivity contribution is 7.05. The molecular formula is C137H113N3Si. The van der Waals surface area contributed by atoms with Crippen molar-refractivity contribution < 1.29 is 0 Å². The van der Waals surface area contributed by atoms with E-state index in [4.69, 9.17) is 0 Å². The fraction of sp³-hybridized carbons (Fsp3) is 0.153. The van der Waals surface area contributed by atoms with Gasteiger partial charge in [0.25, 0.3) is 0 Å². The lowest BCUT2D eigenvalue weighted by Crippen LogP contribution is -2.61. The van der Waals surface area contributed by atoms with Crippen LogP contribution in [0.1, 0.15) is 127 Å². The van der Waals surface area contributed by atoms with Crippen LogP contribution in [0.3, 0.4) is 0 Å². The van der Waals surface area contributed by atoms with Crippen molar-refractivity contribution in [3.05, 3.63) is 455 Å². The van der Waals surface area contributed by atoms with Gasteiger partial charge in [0.1, 0.15) is 8.07 Å². The van der Waals surface area contributed by atoms with Gasteiger partial charge < -0.3 is 14.7 Å². The van der Waals surface area contributed by atoms with Crippen molar-refractivity contribution in [1.29, 1.82) is 0 Å². The predicted octanol–water partition coefficient (Wildman–Crippen LogP) is 35.4. The smallest absolute Gasteiger partial charge is 0.123 e. The number of aryl methyl sites for hydroxylation is 5. The SMILES string of the molecule is Cc1ccc2c(-c3ccc4c(c3)N(C)c3ccccc3C=C4)c3ccccc3c(-c3ccc4c(c3)C(C)(C)c3ccccc3-4)c2c1.Cc1ccc2c(-c3ccc4c(c3)N(C)c3ccccc3CC4)c3ccccc3c(-c3ccc4c(c3)C(C)(C)c3ccccc3-4)c2c1.Cc1ccc2c(-c3ccc4c(c3)N(C)c3ccccc3[Si]43CCCC3)c3ccccc3c(-c3ccc4c(c3)C(C)(C)c3ccccc3-4)c2c1. The van der Waals surface area contributed by atoms with E-state index in [2.05, 4.69) is 492 Å². The van der Waals surface area contributed by atoms with Crippen LogP contribution in [-0.4, -0.2) is 29.2 Å². The van der Waals surface area contributed by atoms with Crippen molar-refractivity contribution in [1.82, 2.24) is 0 Å². The lowest BCUT2D eigenvalue weighted by atomic mass is 9.80. The van der Waals surface area contributed by atoms with Crippen molar-refractivity contribution in [2.75, 3.05) is 35.8 Å². The van der Waals surface area contributed by atoms with Crippen molar-refractivity contribution >= 4 is 129 Å². The Balaban J connectivity index is 0.000000109. The monoisotopic (exact) mass is 1830 g/mol. The normalized spacial score (nSPS) is 15.1. The van der Waals surface area contributed by atoms with Gasteiger partial charge in [0.2, 0.25) is 0 Å². The largest absolute Gasteiger partial charge is 0.345 e. The molecule has 1 saturated heterocycles. The molecule has 1 spiro atoms. The molecule has 3 nitrogen and oxygen atoms in total. The van der Waals surface area contributed by atoms with E-state index in [0.717, 1.165) is 12.8 Å². The van der Waals surface area contributed by atoms with Gasteiger partial charge in [-0.25, -0.2) is 0 Å². The summed E-state index contributed by atoms with van der Waals surface area (Å²) in [5.74, 6) is 0. The Labute approximate surface area is 830 Å². The van der Waals surface area contributed by atoms with Crippen LogP contribution in [0.25, 0.3) is 177 Å². The second-order valence-corrected chi connectivity index (χ2v) is 46.9. The first-order valence-electron chi connectivity index (χ1n) is 50.8. The van der Waals surface area contributed by atoms with E-state index in [0.29, 0.717) is 0 Å². The Morgan fingerprint density at radius 1 is 0.213 bits per heavy atom. The average molecular weight is 1830 g/mol. The summed E-state index contributed by atoms with van der Waals surface area (Å²) >= 11 is 0. The molecule has 680 valence electrons. The molecule has 0 N–H and O–H groups in total. The Hall–Kier alpha value is -15.5. The summed E-state index contributed by atoms with van der Waals surface area (Å²) < 4.78 is 0. The molecule has 4 heterocycles. The van der Waals surface area contributed by atoms with Gasteiger partial charge in [-0.1, -0.05) is 411 Å². The lowest BCUT2D eigenvalue weighted by molar-refractivity contribution is 0.660. The van der Waals surface area contributed by atoms with Gasteiger partial charge in [-0.3, -0.25) is 0 Å². The Bertz CT molecular complexity index is 8950. The van der Waals surface area contributed by atoms with E-state index >= 15 is 0 Å². The summed E-state index contributed by atoms with van der Waals surface area (Å²) in [6.45, 7) is 20.9. The Morgan fingerprint density at radius 2 is 0.511 bits per heavy atom. The molecule has 7 aliphatic rings. The van der Waals surface area contributed by atoms with Gasteiger partial charge in [-0.15, -0.1) is 0 Å². The van der Waals surface area contributed by atoms with E-state index in [1.54, 1.807) is 10.4 Å². The summed E-state index contributed by atoms with van der Waals surface area (Å²) in [6, 6.07) is 148. The van der Waals surface area contributed by atoms with Gasteiger partial charge in [-0.2, -0.15) is 0 Å². The Kier molecular flexibility index (Phi) is 19.9. The van der Waals surface area contributed by atoms with Crippen LogP contribution < -0.4 is 25.1 Å². The fourth-order valence-corrected chi connectivity index (χ4v) is 32.3. The molecule has 4 heteroatoms. The molecule has 4 aliphatic heterocycles. The van der Waals surface area contributed by atoms with E-state index in [1.807, 2.05) is 0 Å². The van der Waals surface area contributed by atoms with Gasteiger partial charge >= 0.3 is 0 Å². The zero-order valence-corrected chi connectivity index (χ0v) is 83.6. The molecule has 0 aromatic heterocycles. The highest BCUT2D eigenvalue weighted by atomic mass is 28.3. The third kappa shape index (κ3) is 13.3. The lowest BCUT2D eigenvalue weighted by Gasteiger charge is -2.41. The van der Waals surface area contributed by atoms with E-state index in [1.165, 1.54) is 296 Å². The molecule has 0 unspecified atom stereocenters. The number of anilines is 6. The van der Waals surface area contributed by atoms with Crippen LogP contribution in [0.15, 0.2) is 382 Å². The molecule has 0 amide bonds. The van der Waals surface area contributed by atoms with Gasteiger partial charge in [0.05, 0.1) is 0 Å². The van der Waals surface area contributed by atoms with Gasteiger partial charge in [-0.05, 0) is 331 Å². The summed E-state index contributed by atoms with van der Waals surface area (Å²) in [4.78, 5) is 7.22. The maximum Gasteiger partial charge on any atom is 0.123 e. The first-order valence-corrected chi connectivity index (χ1v) is 53.3. The average Bonchev–Trinajstić information content (AvgIpc) is 1.71. The topological polar surface area (TPSA) is 9.72 Å².